The highest BCUT2D eigenvalue weighted by Crippen LogP contribution is 2.52. The molecule has 1 saturated heterocycles. The Morgan fingerprint density at radius 3 is 2.68 bits per heavy atom. The van der Waals surface area contributed by atoms with Gasteiger partial charge in [0, 0.05) is 31.0 Å². The molecule has 3 aliphatic rings. The van der Waals surface area contributed by atoms with Gasteiger partial charge in [-0.25, -0.2) is 17.6 Å². The minimum Gasteiger partial charge on any atom is -0.341 e. The summed E-state index contributed by atoms with van der Waals surface area (Å²) in [5.74, 6) is -3.06. The third-order valence-electron chi connectivity index (χ3n) is 6.38. The molecule has 0 spiro atoms. The van der Waals surface area contributed by atoms with E-state index in [9.17, 15) is 22.4 Å². The standard InChI is InChI=1S/C23H26F4N2OS/c1-31-28-14-4-3-9-29(12-14)23(30)18-11-16(18)15-8-7-13(22(26)27)10-17(15)21-19(24)5-2-6-20(21)25/h2,5-6,8,10,13-14,16,18,22,28H,3-4,7,9,11-12H2,1H3. The number of nitrogens with zero attached hydrogens (tertiary/aromatic N) is 1. The van der Waals surface area contributed by atoms with Gasteiger partial charge in [-0.15, -0.1) is 0 Å². The molecule has 1 N–H and O–H groups in total. The van der Waals surface area contributed by atoms with Crippen LogP contribution in [0.1, 0.15) is 31.2 Å². The van der Waals surface area contributed by atoms with E-state index in [1.165, 1.54) is 24.1 Å². The van der Waals surface area contributed by atoms with Gasteiger partial charge in [0.25, 0.3) is 0 Å². The zero-order chi connectivity index (χ0) is 22.1. The summed E-state index contributed by atoms with van der Waals surface area (Å²) in [6.45, 7) is 1.34. The Morgan fingerprint density at radius 1 is 1.26 bits per heavy atom. The largest absolute Gasteiger partial charge is 0.341 e. The van der Waals surface area contributed by atoms with Gasteiger partial charge in [-0.05, 0) is 61.1 Å². The van der Waals surface area contributed by atoms with Crippen molar-refractivity contribution in [2.24, 2.45) is 17.8 Å². The second kappa shape index (κ2) is 9.36. The van der Waals surface area contributed by atoms with E-state index in [0.717, 1.165) is 25.0 Å². The molecule has 1 amide bonds. The second-order valence-corrected chi connectivity index (χ2v) is 9.11. The zero-order valence-corrected chi connectivity index (χ0v) is 18.1. The molecule has 31 heavy (non-hydrogen) atoms. The van der Waals surface area contributed by atoms with E-state index >= 15 is 0 Å². The van der Waals surface area contributed by atoms with Gasteiger partial charge in [0.05, 0.1) is 5.56 Å². The molecule has 0 radical (unpaired) electrons. The highest BCUT2D eigenvalue weighted by molar-refractivity contribution is 7.96. The third kappa shape index (κ3) is 4.70. The van der Waals surface area contributed by atoms with Gasteiger partial charge in [-0.2, -0.15) is 0 Å². The predicted octanol–water partition coefficient (Wildman–Crippen LogP) is 5.05. The number of rotatable bonds is 6. The van der Waals surface area contributed by atoms with Crippen LogP contribution in [0.5, 0.6) is 0 Å². The van der Waals surface area contributed by atoms with Crippen LogP contribution in [0.25, 0.3) is 5.57 Å². The van der Waals surface area contributed by atoms with E-state index in [1.54, 1.807) is 6.08 Å². The van der Waals surface area contributed by atoms with Crippen molar-refractivity contribution in [2.45, 2.75) is 38.2 Å². The van der Waals surface area contributed by atoms with E-state index in [4.69, 9.17) is 0 Å². The van der Waals surface area contributed by atoms with Crippen LogP contribution < -0.4 is 4.72 Å². The lowest BCUT2D eigenvalue weighted by Gasteiger charge is -2.33. The summed E-state index contributed by atoms with van der Waals surface area (Å²) in [6.07, 6.45) is 4.90. The lowest BCUT2D eigenvalue weighted by Crippen LogP contribution is -2.47. The molecule has 1 aliphatic heterocycles. The summed E-state index contributed by atoms with van der Waals surface area (Å²) in [7, 11) is 0. The molecule has 4 unspecified atom stereocenters. The number of nitrogens with one attached hydrogen (secondary N) is 1. The summed E-state index contributed by atoms with van der Waals surface area (Å²) in [5, 5.41) is 0. The number of amides is 1. The molecule has 0 aromatic heterocycles. The second-order valence-electron chi connectivity index (χ2n) is 8.46. The SMILES string of the molecule is CSNC1CCCN(C(=O)C2CC2C2=CCC(C(F)F)C=C2c2c(F)cccc2F)C1. The van der Waals surface area contributed by atoms with Gasteiger partial charge in [0.15, 0.2) is 0 Å². The Balaban J connectivity index is 1.55. The lowest BCUT2D eigenvalue weighted by atomic mass is 9.83. The summed E-state index contributed by atoms with van der Waals surface area (Å²) in [6, 6.07) is 3.76. The average molecular weight is 455 g/mol. The number of halogens is 4. The van der Waals surface area contributed by atoms with E-state index in [-0.39, 0.29) is 41.3 Å². The number of hydrogen-bond donors (Lipinski definition) is 1. The first-order valence-electron chi connectivity index (χ1n) is 10.6. The van der Waals surface area contributed by atoms with Crippen LogP contribution >= 0.6 is 11.9 Å². The minimum atomic E-state index is -2.62. The quantitative estimate of drug-likeness (QED) is 0.482. The molecule has 4 atom stereocenters. The van der Waals surface area contributed by atoms with Gasteiger partial charge in [0.2, 0.25) is 12.3 Å². The molecule has 1 aromatic rings. The number of likely N-dealkylation sites (tertiary alicyclic amines) is 1. The minimum absolute atomic E-state index is 0.0443. The first kappa shape index (κ1) is 22.4. The number of alkyl halides is 2. The molecule has 1 saturated carbocycles. The van der Waals surface area contributed by atoms with Gasteiger partial charge < -0.3 is 4.90 Å². The van der Waals surface area contributed by atoms with Crippen molar-refractivity contribution in [1.29, 1.82) is 0 Å². The fraction of sp³-hybridized carbons (Fsp3) is 0.522. The Labute approximate surface area is 184 Å². The first-order chi connectivity index (χ1) is 14.9. The van der Waals surface area contributed by atoms with Crippen LogP contribution in [-0.4, -0.2) is 42.6 Å². The van der Waals surface area contributed by atoms with Crippen molar-refractivity contribution < 1.29 is 22.4 Å². The van der Waals surface area contributed by atoms with Gasteiger partial charge in [0.1, 0.15) is 11.6 Å². The van der Waals surface area contributed by atoms with Crippen molar-refractivity contribution in [2.75, 3.05) is 19.3 Å². The van der Waals surface area contributed by atoms with Crippen molar-refractivity contribution >= 4 is 23.4 Å². The summed E-state index contributed by atoms with van der Waals surface area (Å²) < 4.78 is 59.1. The molecule has 1 heterocycles. The highest BCUT2D eigenvalue weighted by Gasteiger charge is 2.49. The van der Waals surface area contributed by atoms with Crippen LogP contribution in [0.15, 0.2) is 35.9 Å². The van der Waals surface area contributed by atoms with Gasteiger partial charge >= 0.3 is 0 Å². The number of carbonyl (C=O) groups excluding carboxylic acids is 1. The number of carbonyl (C=O) groups is 1. The molecule has 1 aromatic carbocycles. The Morgan fingerprint density at radius 2 is 2.00 bits per heavy atom. The Hall–Kier alpha value is -1.80. The van der Waals surface area contributed by atoms with Crippen molar-refractivity contribution in [1.82, 2.24) is 9.62 Å². The van der Waals surface area contributed by atoms with E-state index in [1.807, 2.05) is 11.2 Å². The fourth-order valence-corrected chi connectivity index (χ4v) is 5.27. The highest BCUT2D eigenvalue weighted by atomic mass is 32.2. The van der Waals surface area contributed by atoms with Crippen molar-refractivity contribution in [3.8, 4) is 0 Å². The maximum Gasteiger partial charge on any atom is 0.245 e. The smallest absolute Gasteiger partial charge is 0.245 e. The van der Waals surface area contributed by atoms with Crippen LogP contribution in [0.2, 0.25) is 0 Å². The molecule has 8 heteroatoms. The Bertz CT molecular complexity index is 881. The number of hydrogen-bond acceptors (Lipinski definition) is 3. The lowest BCUT2D eigenvalue weighted by molar-refractivity contribution is -0.134. The monoisotopic (exact) mass is 454 g/mol. The topological polar surface area (TPSA) is 32.3 Å². The van der Waals surface area contributed by atoms with E-state index in [2.05, 4.69) is 4.72 Å². The van der Waals surface area contributed by atoms with Crippen LogP contribution in [-0.2, 0) is 4.79 Å². The third-order valence-corrected chi connectivity index (χ3v) is 6.95. The number of allylic oxidation sites excluding steroid dienone is 4. The van der Waals surface area contributed by atoms with Gasteiger partial charge in [-0.3, -0.25) is 9.52 Å². The molecule has 3 nitrogen and oxygen atoms in total. The van der Waals surface area contributed by atoms with Crippen molar-refractivity contribution in [3.05, 3.63) is 53.1 Å². The molecule has 2 fully saturated rings. The molecular weight excluding hydrogens is 428 g/mol. The summed E-state index contributed by atoms with van der Waals surface area (Å²) in [4.78, 5) is 15.0. The predicted molar refractivity (Wildman–Crippen MR) is 114 cm³/mol. The summed E-state index contributed by atoms with van der Waals surface area (Å²) >= 11 is 1.54. The number of benzene rings is 1. The Kier molecular flexibility index (Phi) is 6.77. The molecule has 4 rings (SSSR count). The van der Waals surface area contributed by atoms with Crippen molar-refractivity contribution in [3.63, 3.8) is 0 Å². The molecule has 2 aliphatic carbocycles. The maximum absolute atomic E-state index is 14.5. The van der Waals surface area contributed by atoms with E-state index < -0.39 is 24.0 Å². The van der Waals surface area contributed by atoms with Crippen LogP contribution in [0.4, 0.5) is 17.6 Å². The first-order valence-corrected chi connectivity index (χ1v) is 11.8. The van der Waals surface area contributed by atoms with E-state index in [0.29, 0.717) is 25.1 Å². The van der Waals surface area contributed by atoms with Gasteiger partial charge in [-0.1, -0.05) is 30.2 Å². The molecule has 0 bridgehead atoms. The van der Waals surface area contributed by atoms with Crippen LogP contribution in [0, 0.1) is 29.4 Å². The molecule has 168 valence electrons. The van der Waals surface area contributed by atoms with Crippen LogP contribution in [0.3, 0.4) is 0 Å². The maximum atomic E-state index is 14.5. The number of piperidine rings is 1. The molecular formula is C23H26F4N2OS. The summed E-state index contributed by atoms with van der Waals surface area (Å²) in [5.41, 5.74) is 0.516. The fourth-order valence-electron chi connectivity index (χ4n) is 4.75. The normalized spacial score (nSPS) is 28.4. The zero-order valence-electron chi connectivity index (χ0n) is 17.3. The average Bonchev–Trinajstić information content (AvgIpc) is 3.54.